The van der Waals surface area contributed by atoms with Crippen LogP contribution in [0.15, 0.2) is 99.0 Å². The summed E-state index contributed by atoms with van der Waals surface area (Å²) in [6.07, 6.45) is -2.83. The molecule has 6 nitrogen and oxygen atoms in total. The first-order valence-corrected chi connectivity index (χ1v) is 10.4. The molecule has 0 fully saturated rings. The lowest BCUT2D eigenvalue weighted by Crippen LogP contribution is -2.13. The Kier molecular flexibility index (Phi) is 6.22. The summed E-state index contributed by atoms with van der Waals surface area (Å²) >= 11 is 1.39. The highest BCUT2D eigenvalue weighted by Crippen LogP contribution is 2.32. The SMILES string of the molecule is O=c1c(N=Nc2cccc(C(F)(F)F)c2)c(CSc2ccccn2)[nH]n1-c1ccccc1. The van der Waals surface area contributed by atoms with Gasteiger partial charge in [0.25, 0.3) is 5.56 Å². The fourth-order valence-electron chi connectivity index (χ4n) is 2.87. The molecule has 4 rings (SSSR count). The number of alkyl halides is 3. The number of thioether (sulfide) groups is 1. The minimum Gasteiger partial charge on any atom is -0.292 e. The molecule has 0 aliphatic heterocycles. The first-order chi connectivity index (χ1) is 15.4. The van der Waals surface area contributed by atoms with Crippen LogP contribution in [0, 0.1) is 0 Å². The van der Waals surface area contributed by atoms with E-state index in [1.807, 2.05) is 18.2 Å². The maximum atomic E-state index is 13.0. The van der Waals surface area contributed by atoms with Gasteiger partial charge in [-0.15, -0.1) is 5.11 Å². The average Bonchev–Trinajstić information content (AvgIpc) is 3.12. The molecule has 0 atom stereocenters. The second kappa shape index (κ2) is 9.23. The highest BCUT2D eigenvalue weighted by atomic mass is 32.2. The van der Waals surface area contributed by atoms with Gasteiger partial charge in [0.2, 0.25) is 0 Å². The van der Waals surface area contributed by atoms with Gasteiger partial charge in [-0.1, -0.05) is 42.1 Å². The Bertz CT molecular complexity index is 1280. The van der Waals surface area contributed by atoms with Gasteiger partial charge in [-0.2, -0.15) is 18.3 Å². The van der Waals surface area contributed by atoms with Gasteiger partial charge in [0.1, 0.15) is 0 Å². The smallest absolute Gasteiger partial charge is 0.292 e. The molecule has 0 unspecified atom stereocenters. The lowest BCUT2D eigenvalue weighted by Gasteiger charge is -2.05. The number of aromatic amines is 1. The maximum Gasteiger partial charge on any atom is 0.416 e. The Morgan fingerprint density at radius 2 is 1.75 bits per heavy atom. The number of para-hydroxylation sites is 1. The zero-order chi connectivity index (χ0) is 22.6. The molecule has 4 aromatic rings. The number of nitrogens with zero attached hydrogens (tertiary/aromatic N) is 4. The minimum absolute atomic E-state index is 0.00462. The highest BCUT2D eigenvalue weighted by molar-refractivity contribution is 7.98. The first kappa shape index (κ1) is 21.6. The van der Waals surface area contributed by atoms with Crippen LogP contribution in [-0.4, -0.2) is 14.8 Å². The molecule has 0 amide bonds. The van der Waals surface area contributed by atoms with Gasteiger partial charge in [-0.3, -0.25) is 9.89 Å². The summed E-state index contributed by atoms with van der Waals surface area (Å²) in [6, 6.07) is 18.9. The van der Waals surface area contributed by atoms with Gasteiger partial charge < -0.3 is 0 Å². The standard InChI is InChI=1S/C22H16F3N5OS/c23-22(24,25)15-7-6-8-16(13-15)27-28-20-18(14-32-19-11-4-5-12-26-19)29-30(21(20)31)17-9-2-1-3-10-17/h1-13,29H,14H2. The Hall–Kier alpha value is -3.66. The number of hydrogen-bond acceptors (Lipinski definition) is 5. The first-order valence-electron chi connectivity index (χ1n) is 9.44. The molecule has 0 spiro atoms. The molecule has 0 aliphatic rings. The van der Waals surface area contributed by atoms with E-state index in [0.29, 0.717) is 17.1 Å². The van der Waals surface area contributed by atoms with Crippen molar-refractivity contribution in [2.75, 3.05) is 0 Å². The van der Waals surface area contributed by atoms with Crippen LogP contribution in [-0.2, 0) is 11.9 Å². The largest absolute Gasteiger partial charge is 0.416 e. The van der Waals surface area contributed by atoms with Crippen molar-refractivity contribution in [2.24, 2.45) is 10.2 Å². The summed E-state index contributed by atoms with van der Waals surface area (Å²) < 4.78 is 40.2. The second-order valence-electron chi connectivity index (χ2n) is 6.62. The third kappa shape index (κ3) is 4.97. The average molecular weight is 455 g/mol. The topological polar surface area (TPSA) is 75.4 Å². The van der Waals surface area contributed by atoms with Crippen LogP contribution in [0.3, 0.4) is 0 Å². The zero-order valence-electron chi connectivity index (χ0n) is 16.5. The quantitative estimate of drug-likeness (QED) is 0.274. The van der Waals surface area contributed by atoms with Crippen molar-refractivity contribution in [2.45, 2.75) is 17.0 Å². The fraction of sp³-hybridized carbons (Fsp3) is 0.0909. The summed E-state index contributed by atoms with van der Waals surface area (Å²) in [4.78, 5) is 17.3. The molecular formula is C22H16F3N5OS. The second-order valence-corrected chi connectivity index (χ2v) is 7.62. The third-order valence-corrected chi connectivity index (χ3v) is 5.36. The number of azo groups is 1. The van der Waals surface area contributed by atoms with Crippen LogP contribution in [0.25, 0.3) is 5.69 Å². The molecule has 0 radical (unpaired) electrons. The van der Waals surface area contributed by atoms with E-state index in [9.17, 15) is 18.0 Å². The van der Waals surface area contributed by atoms with Crippen LogP contribution in [0.5, 0.6) is 0 Å². The van der Waals surface area contributed by atoms with E-state index in [4.69, 9.17) is 0 Å². The normalized spacial score (nSPS) is 11.8. The van der Waals surface area contributed by atoms with E-state index in [1.165, 1.54) is 28.6 Å². The van der Waals surface area contributed by atoms with Crippen LogP contribution < -0.4 is 5.56 Å². The van der Waals surface area contributed by atoms with E-state index >= 15 is 0 Å². The molecule has 0 bridgehead atoms. The van der Waals surface area contributed by atoms with Crippen molar-refractivity contribution in [1.82, 2.24) is 14.8 Å². The monoisotopic (exact) mass is 455 g/mol. The number of benzene rings is 2. The Morgan fingerprint density at radius 1 is 0.969 bits per heavy atom. The number of halogens is 3. The number of nitrogens with one attached hydrogen (secondary N) is 1. The summed E-state index contributed by atoms with van der Waals surface area (Å²) in [5.74, 6) is 0.336. The third-order valence-electron chi connectivity index (χ3n) is 4.39. The lowest BCUT2D eigenvalue weighted by molar-refractivity contribution is -0.137. The summed E-state index contributed by atoms with van der Waals surface area (Å²) in [6.45, 7) is 0. The van der Waals surface area contributed by atoms with Gasteiger partial charge in [0.15, 0.2) is 5.69 Å². The molecule has 2 aromatic carbocycles. The van der Waals surface area contributed by atoms with Crippen molar-refractivity contribution in [3.8, 4) is 5.69 Å². The van der Waals surface area contributed by atoms with E-state index in [-0.39, 0.29) is 11.4 Å². The van der Waals surface area contributed by atoms with Crippen molar-refractivity contribution in [3.05, 3.63) is 101 Å². The summed E-state index contributed by atoms with van der Waals surface area (Å²) in [7, 11) is 0. The minimum atomic E-state index is -4.50. The zero-order valence-corrected chi connectivity index (χ0v) is 17.3. The molecule has 32 heavy (non-hydrogen) atoms. The van der Waals surface area contributed by atoms with Gasteiger partial charge in [0, 0.05) is 11.9 Å². The van der Waals surface area contributed by atoms with E-state index < -0.39 is 17.3 Å². The molecule has 1 N–H and O–H groups in total. The maximum absolute atomic E-state index is 13.0. The molecule has 0 saturated carbocycles. The molecule has 10 heteroatoms. The van der Waals surface area contributed by atoms with Gasteiger partial charge in [-0.05, 0) is 42.5 Å². The summed E-state index contributed by atoms with van der Waals surface area (Å²) in [5.41, 5.74) is -0.198. The predicted octanol–water partition coefficient (Wildman–Crippen LogP) is 6.29. The molecule has 2 aromatic heterocycles. The van der Waals surface area contributed by atoms with Gasteiger partial charge in [0.05, 0.1) is 27.7 Å². The van der Waals surface area contributed by atoms with Crippen molar-refractivity contribution < 1.29 is 13.2 Å². The van der Waals surface area contributed by atoms with Crippen LogP contribution in [0.2, 0.25) is 0 Å². The number of hydrogen-bond donors (Lipinski definition) is 1. The van der Waals surface area contributed by atoms with Gasteiger partial charge >= 0.3 is 6.18 Å². The molecule has 0 saturated heterocycles. The highest BCUT2D eigenvalue weighted by Gasteiger charge is 2.30. The molecule has 0 aliphatic carbocycles. The number of H-pyrrole nitrogens is 1. The molecule has 2 heterocycles. The molecule has 162 valence electrons. The molecular weight excluding hydrogens is 439 g/mol. The fourth-order valence-corrected chi connectivity index (χ4v) is 3.67. The van der Waals surface area contributed by atoms with E-state index in [2.05, 4.69) is 20.3 Å². The van der Waals surface area contributed by atoms with Crippen LogP contribution in [0.4, 0.5) is 24.5 Å². The predicted molar refractivity (Wildman–Crippen MR) is 116 cm³/mol. The Balaban J connectivity index is 1.70. The van der Waals surface area contributed by atoms with E-state index in [1.54, 1.807) is 36.5 Å². The lowest BCUT2D eigenvalue weighted by atomic mass is 10.2. The Labute approximate surface area is 184 Å². The number of aromatic nitrogens is 3. The van der Waals surface area contributed by atoms with Crippen LogP contribution in [0.1, 0.15) is 11.3 Å². The van der Waals surface area contributed by atoms with Gasteiger partial charge in [-0.25, -0.2) is 9.67 Å². The van der Waals surface area contributed by atoms with Crippen molar-refractivity contribution in [3.63, 3.8) is 0 Å². The van der Waals surface area contributed by atoms with Crippen LogP contribution >= 0.6 is 11.8 Å². The Morgan fingerprint density at radius 3 is 2.47 bits per heavy atom. The number of rotatable bonds is 6. The number of pyridine rings is 1. The van der Waals surface area contributed by atoms with Crippen molar-refractivity contribution in [1.29, 1.82) is 0 Å². The van der Waals surface area contributed by atoms with E-state index in [0.717, 1.165) is 17.2 Å². The van der Waals surface area contributed by atoms with Crippen molar-refractivity contribution >= 4 is 23.1 Å². The summed E-state index contributed by atoms with van der Waals surface area (Å²) in [5, 5.41) is 11.7.